The highest BCUT2D eigenvalue weighted by molar-refractivity contribution is 7.79. The van der Waals surface area contributed by atoms with Crippen molar-refractivity contribution in [3.8, 4) is 11.4 Å². The number of hydrogen-bond donors (Lipinski definition) is 2. The van der Waals surface area contributed by atoms with Gasteiger partial charge in [-0.3, -0.25) is 18.0 Å². The molecule has 2 heterocycles. The van der Waals surface area contributed by atoms with Crippen molar-refractivity contribution in [3.63, 3.8) is 0 Å². The Hall–Kier alpha value is -6.55. The molecule has 0 aliphatic heterocycles. The maximum atomic E-state index is 12.8. The first-order valence-electron chi connectivity index (χ1n) is 17.9. The standard InChI is InChI=1S/2C21H20N4O.H2O4S/c2*1-13-16(22)12-19-20(21(13)26)23-17-10-9-15(24(2)3)11-18(17)25(19)14-7-5-4-6-8-14;1-5(2,3)4/h2*4-13,22H,1-3H3;(H2,1,2,3,4). The maximum Gasteiger partial charge on any atom is 0.243 e. The van der Waals surface area contributed by atoms with Crippen molar-refractivity contribution in [2.75, 3.05) is 38.0 Å². The van der Waals surface area contributed by atoms with Crippen LogP contribution in [0.15, 0.2) is 108 Å². The summed E-state index contributed by atoms with van der Waals surface area (Å²) in [6.45, 7) is 3.65. The Morgan fingerprint density at radius 1 is 0.596 bits per heavy atom. The van der Waals surface area contributed by atoms with Crippen molar-refractivity contribution in [2.24, 2.45) is 23.3 Å². The minimum absolute atomic E-state index is 0.0386. The molecule has 14 nitrogen and oxygen atoms in total. The second kappa shape index (κ2) is 15.9. The molecule has 2 atom stereocenters. The molecule has 0 bridgehead atoms. The molecule has 6 aromatic rings. The summed E-state index contributed by atoms with van der Waals surface area (Å²) in [5.74, 6) is -0.776. The number of ketones is 2. The average Bonchev–Trinajstić information content (AvgIpc) is 3.17. The van der Waals surface area contributed by atoms with Gasteiger partial charge in [-0.2, -0.15) is 0 Å². The van der Waals surface area contributed by atoms with E-state index in [1.165, 1.54) is 0 Å². The van der Waals surface area contributed by atoms with Crippen LogP contribution in [-0.4, -0.2) is 67.2 Å². The average molecular weight is 787 g/mol. The third-order valence-corrected chi connectivity index (χ3v) is 9.75. The van der Waals surface area contributed by atoms with Gasteiger partial charge >= 0.3 is 0 Å². The minimum atomic E-state index is -5.17. The number of anilines is 2. The normalized spacial score (nSPS) is 15.9. The van der Waals surface area contributed by atoms with Crippen LogP contribution < -0.4 is 30.4 Å². The largest absolute Gasteiger partial charge is 0.759 e. The summed E-state index contributed by atoms with van der Waals surface area (Å²) in [7, 11) is 2.85. The van der Waals surface area contributed by atoms with Crippen LogP contribution >= 0.6 is 0 Å². The van der Waals surface area contributed by atoms with Gasteiger partial charge in [-0.1, -0.05) is 36.4 Å². The summed E-state index contributed by atoms with van der Waals surface area (Å²) in [6.07, 6.45) is 3.76. The number of carbonyl (C=O) groups excluding carboxylic acids is 2. The van der Waals surface area contributed by atoms with Crippen molar-refractivity contribution in [3.05, 3.63) is 131 Å². The van der Waals surface area contributed by atoms with Crippen LogP contribution in [-0.2, 0) is 10.4 Å². The van der Waals surface area contributed by atoms with Gasteiger partial charge in [0.2, 0.25) is 33.8 Å². The molecule has 0 saturated heterocycles. The number of Topliss-reactive ketones (excluding diaryl/α,β-unsaturated/α-hetero) is 2. The maximum absolute atomic E-state index is 12.8. The zero-order valence-corrected chi connectivity index (χ0v) is 33.1. The monoisotopic (exact) mass is 786 g/mol. The fourth-order valence-electron chi connectivity index (χ4n) is 6.57. The van der Waals surface area contributed by atoms with E-state index in [9.17, 15) is 9.59 Å². The molecular weight excluding hydrogens is 745 g/mol. The van der Waals surface area contributed by atoms with E-state index in [4.69, 9.17) is 29.0 Å². The summed E-state index contributed by atoms with van der Waals surface area (Å²) in [4.78, 5) is 39.1. The Morgan fingerprint density at radius 3 is 1.25 bits per heavy atom. The molecule has 4 N–H and O–H groups in total. The molecular formula is C42H42N8O6S. The molecule has 2 unspecified atom stereocenters. The topological polar surface area (TPSA) is 206 Å². The Balaban J connectivity index is 0.000000173. The number of rotatable bonds is 4. The highest BCUT2D eigenvalue weighted by atomic mass is 32.3. The van der Waals surface area contributed by atoms with E-state index in [-0.39, 0.29) is 23.4 Å². The van der Waals surface area contributed by atoms with Gasteiger partial charge in [0.05, 0.1) is 11.8 Å². The molecule has 8 rings (SSSR count). The van der Waals surface area contributed by atoms with E-state index in [0.29, 0.717) is 22.8 Å². The Morgan fingerprint density at radius 2 is 0.930 bits per heavy atom. The smallest absolute Gasteiger partial charge is 0.243 e. The fourth-order valence-corrected chi connectivity index (χ4v) is 6.57. The molecule has 292 valence electrons. The fraction of sp³-hybridized carbons (Fsp3) is 0.190. The molecule has 0 amide bonds. The van der Waals surface area contributed by atoms with Gasteiger partial charge in [0, 0.05) is 110 Å². The number of para-hydroxylation sites is 2. The van der Waals surface area contributed by atoms with Crippen LogP contribution in [0.2, 0.25) is 0 Å². The van der Waals surface area contributed by atoms with Crippen molar-refractivity contribution in [2.45, 2.75) is 13.8 Å². The SMILES string of the molecule is CC1C(=O)c2nc3ccc(N(C)C)cc3[n+](-c3ccccc3)c2C=C1N.CC1C(=O)c2nc3ccc(N(C)C)cc3[n+](-c3ccccc3)c2C=C1N.O=S(=O)([O-])[O-]. The lowest BCUT2D eigenvalue weighted by atomic mass is 9.92. The third kappa shape index (κ3) is 8.35. The van der Waals surface area contributed by atoms with Gasteiger partial charge in [-0.05, 0) is 38.1 Å². The van der Waals surface area contributed by atoms with Gasteiger partial charge < -0.3 is 30.4 Å². The molecule has 0 saturated carbocycles. The molecule has 0 spiro atoms. The Bertz CT molecular complexity index is 2540. The number of carbonyl (C=O) groups is 2. The van der Waals surface area contributed by atoms with Crippen LogP contribution in [0.4, 0.5) is 11.4 Å². The van der Waals surface area contributed by atoms with Crippen LogP contribution in [0.5, 0.6) is 0 Å². The highest BCUT2D eigenvalue weighted by Crippen LogP contribution is 2.29. The minimum Gasteiger partial charge on any atom is -0.759 e. The second-order valence-electron chi connectivity index (χ2n) is 14.0. The molecule has 2 aromatic heterocycles. The van der Waals surface area contributed by atoms with Gasteiger partial charge in [-0.15, -0.1) is 9.13 Å². The van der Waals surface area contributed by atoms with E-state index >= 15 is 0 Å². The molecule has 2 aliphatic carbocycles. The third-order valence-electron chi connectivity index (χ3n) is 9.75. The summed E-state index contributed by atoms with van der Waals surface area (Å²) >= 11 is 0. The van der Waals surface area contributed by atoms with Gasteiger partial charge in [0.1, 0.15) is 11.0 Å². The van der Waals surface area contributed by atoms with Crippen molar-refractivity contribution in [1.29, 1.82) is 0 Å². The van der Waals surface area contributed by atoms with E-state index in [1.807, 2.05) is 149 Å². The first kappa shape index (κ1) is 40.1. The first-order chi connectivity index (χ1) is 26.9. The molecule has 0 fully saturated rings. The number of fused-ring (bicyclic) bond motifs is 4. The molecule has 57 heavy (non-hydrogen) atoms. The molecule has 15 heteroatoms. The van der Waals surface area contributed by atoms with Crippen molar-refractivity contribution >= 4 is 67.6 Å². The van der Waals surface area contributed by atoms with Crippen LogP contribution in [0.25, 0.3) is 45.6 Å². The Kier molecular flexibility index (Phi) is 11.2. The van der Waals surface area contributed by atoms with E-state index < -0.39 is 10.4 Å². The van der Waals surface area contributed by atoms with Gasteiger partial charge in [-0.25, -0.2) is 9.97 Å². The van der Waals surface area contributed by atoms with Crippen LogP contribution in [0, 0.1) is 11.8 Å². The summed E-state index contributed by atoms with van der Waals surface area (Å²) < 4.78 is 38.2. The summed E-state index contributed by atoms with van der Waals surface area (Å²) in [5.41, 5.74) is 23.4. The highest BCUT2D eigenvalue weighted by Gasteiger charge is 2.36. The van der Waals surface area contributed by atoms with Crippen LogP contribution in [0.3, 0.4) is 0 Å². The van der Waals surface area contributed by atoms with Crippen molar-refractivity contribution < 1.29 is 36.2 Å². The summed E-state index contributed by atoms with van der Waals surface area (Å²) in [5, 5.41) is 0. The zero-order valence-electron chi connectivity index (χ0n) is 32.2. The zero-order chi connectivity index (χ0) is 41.3. The number of nitrogens with two attached hydrogens (primary N) is 2. The lowest BCUT2D eigenvalue weighted by molar-refractivity contribution is -0.570. The number of nitrogens with zero attached hydrogens (tertiary/aromatic N) is 6. The lowest BCUT2D eigenvalue weighted by Crippen LogP contribution is -2.41. The quantitative estimate of drug-likeness (QED) is 0.147. The lowest BCUT2D eigenvalue weighted by Gasteiger charge is -2.18. The van der Waals surface area contributed by atoms with E-state index in [2.05, 4.69) is 31.2 Å². The first-order valence-corrected chi connectivity index (χ1v) is 19.2. The van der Waals surface area contributed by atoms with Gasteiger partial charge in [0.25, 0.3) is 0 Å². The van der Waals surface area contributed by atoms with Crippen LogP contribution in [0.1, 0.15) is 46.2 Å². The predicted molar refractivity (Wildman–Crippen MR) is 217 cm³/mol. The van der Waals surface area contributed by atoms with Crippen molar-refractivity contribution in [1.82, 2.24) is 9.97 Å². The van der Waals surface area contributed by atoms with E-state index in [0.717, 1.165) is 56.2 Å². The Labute approximate surface area is 330 Å². The number of benzene rings is 4. The van der Waals surface area contributed by atoms with Gasteiger partial charge in [0.15, 0.2) is 23.0 Å². The summed E-state index contributed by atoms with van der Waals surface area (Å²) in [6, 6.07) is 32.1. The second-order valence-corrected chi connectivity index (χ2v) is 14.9. The number of allylic oxidation sites excluding steroid dienone is 2. The molecule has 4 aromatic carbocycles. The molecule has 2 aliphatic rings. The number of aromatic nitrogens is 4. The molecule has 0 radical (unpaired) electrons. The number of hydrogen-bond acceptors (Lipinski definition) is 12. The van der Waals surface area contributed by atoms with E-state index in [1.54, 1.807) is 0 Å². The predicted octanol–water partition coefficient (Wildman–Crippen LogP) is 4.08.